The molecule has 2 aliphatic rings. The van der Waals surface area contributed by atoms with Gasteiger partial charge >= 0.3 is 0 Å². The predicted molar refractivity (Wildman–Crippen MR) is 155 cm³/mol. The molecule has 1 aromatic carbocycles. The maximum atomic E-state index is 13.4. The molecule has 2 aromatic heterocycles. The van der Waals surface area contributed by atoms with Gasteiger partial charge in [-0.1, -0.05) is 17.7 Å². The number of halogens is 3. The standard InChI is InChI=1S/C28H32ClF2N5O4.H2S/c29-26-23-6-10-36(14-19(23)1-2-24(26)39-16-22-13-32-17-40-22)15-21(37)12-34-27(38)18-5-9-33-25(11-18)35-20-3-7-28(30,31)8-4-20;/h1-2,5,9,11,13,17,20-21,37H,3-4,6-8,10,12,14-16H2,(H,33,35)(H,34,38);1H2/t21-;/m0./s1. The van der Waals surface area contributed by atoms with E-state index in [1.165, 1.54) is 12.6 Å². The number of alkyl halides is 2. The van der Waals surface area contributed by atoms with Gasteiger partial charge in [-0.05, 0) is 48.6 Å². The number of hydrogen-bond acceptors (Lipinski definition) is 8. The first-order valence-electron chi connectivity index (χ1n) is 13.4. The first kappa shape index (κ1) is 31.0. The number of nitrogens with one attached hydrogen (secondary N) is 2. The molecule has 1 fully saturated rings. The van der Waals surface area contributed by atoms with Crippen LogP contribution in [0.5, 0.6) is 5.75 Å². The average molecular weight is 610 g/mol. The summed E-state index contributed by atoms with van der Waals surface area (Å²) in [4.78, 5) is 22.9. The summed E-state index contributed by atoms with van der Waals surface area (Å²) in [5, 5.41) is 17.1. The van der Waals surface area contributed by atoms with Crippen molar-refractivity contribution in [1.82, 2.24) is 20.2 Å². The van der Waals surface area contributed by atoms with Crippen LogP contribution in [-0.4, -0.2) is 63.6 Å². The van der Waals surface area contributed by atoms with Gasteiger partial charge in [-0.25, -0.2) is 18.7 Å². The van der Waals surface area contributed by atoms with Crippen molar-refractivity contribution < 1.29 is 27.8 Å². The number of pyridine rings is 1. The monoisotopic (exact) mass is 609 g/mol. The molecule has 1 amide bonds. The summed E-state index contributed by atoms with van der Waals surface area (Å²) in [6.07, 6.45) is 4.78. The van der Waals surface area contributed by atoms with Crippen molar-refractivity contribution in [2.75, 3.05) is 25.0 Å². The Hall–Kier alpha value is -2.93. The summed E-state index contributed by atoms with van der Waals surface area (Å²) < 4.78 is 37.8. The van der Waals surface area contributed by atoms with Crippen molar-refractivity contribution in [1.29, 1.82) is 0 Å². The highest BCUT2D eigenvalue weighted by molar-refractivity contribution is 7.59. The van der Waals surface area contributed by atoms with E-state index in [1.807, 2.05) is 12.1 Å². The molecule has 0 bridgehead atoms. The average Bonchev–Trinajstić information content (AvgIpc) is 3.46. The first-order valence-corrected chi connectivity index (χ1v) is 13.7. The summed E-state index contributed by atoms with van der Waals surface area (Å²) in [5.41, 5.74) is 2.48. The fourth-order valence-corrected chi connectivity index (χ4v) is 5.43. The second-order valence-electron chi connectivity index (χ2n) is 10.3. The van der Waals surface area contributed by atoms with Crippen LogP contribution >= 0.6 is 25.1 Å². The Kier molecular flexibility index (Phi) is 10.5. The highest BCUT2D eigenvalue weighted by Crippen LogP contribution is 2.35. The lowest BCUT2D eigenvalue weighted by Crippen LogP contribution is -2.42. The Balaban J connectivity index is 0.00000387. The third-order valence-corrected chi connectivity index (χ3v) is 7.70. The molecule has 41 heavy (non-hydrogen) atoms. The molecule has 13 heteroatoms. The summed E-state index contributed by atoms with van der Waals surface area (Å²) in [6.45, 7) is 2.03. The van der Waals surface area contributed by atoms with E-state index >= 15 is 0 Å². The number of aromatic nitrogens is 2. The van der Waals surface area contributed by atoms with E-state index in [-0.39, 0.29) is 51.4 Å². The number of oxazole rings is 1. The molecule has 1 aliphatic carbocycles. The Morgan fingerprint density at radius 2 is 2.10 bits per heavy atom. The zero-order chi connectivity index (χ0) is 28.1. The van der Waals surface area contributed by atoms with Crippen LogP contribution in [0.25, 0.3) is 0 Å². The Morgan fingerprint density at radius 1 is 1.29 bits per heavy atom. The molecule has 3 aromatic rings. The van der Waals surface area contributed by atoms with E-state index in [0.717, 1.165) is 11.1 Å². The van der Waals surface area contributed by atoms with Crippen molar-refractivity contribution in [2.24, 2.45) is 0 Å². The molecule has 0 spiro atoms. The van der Waals surface area contributed by atoms with Crippen molar-refractivity contribution >= 4 is 36.8 Å². The second kappa shape index (κ2) is 13.8. The summed E-state index contributed by atoms with van der Waals surface area (Å²) in [5.74, 6) is -1.27. The zero-order valence-corrected chi connectivity index (χ0v) is 24.2. The Morgan fingerprint density at radius 3 is 2.85 bits per heavy atom. The SMILES string of the molecule is O=C(NC[C@H](O)CN1CCc2c(ccc(OCc3cnco3)c2Cl)C1)c1ccnc(NC2CCC(F)(F)CC2)c1.S. The summed E-state index contributed by atoms with van der Waals surface area (Å²) in [6, 6.07) is 6.89. The minimum Gasteiger partial charge on any atom is -0.484 e. The van der Waals surface area contributed by atoms with Gasteiger partial charge in [0, 0.05) is 56.8 Å². The van der Waals surface area contributed by atoms with Crippen LogP contribution in [0.4, 0.5) is 14.6 Å². The maximum absolute atomic E-state index is 13.4. The zero-order valence-electron chi connectivity index (χ0n) is 22.4. The number of aliphatic hydroxyl groups is 1. The molecule has 0 unspecified atom stereocenters. The lowest BCUT2D eigenvalue weighted by molar-refractivity contribution is -0.0361. The summed E-state index contributed by atoms with van der Waals surface area (Å²) in [7, 11) is 0. The molecule has 3 heterocycles. The van der Waals surface area contributed by atoms with Crippen LogP contribution in [0.3, 0.4) is 0 Å². The van der Waals surface area contributed by atoms with Gasteiger partial charge in [0.25, 0.3) is 5.91 Å². The van der Waals surface area contributed by atoms with E-state index in [9.17, 15) is 18.7 Å². The number of carbonyl (C=O) groups is 1. The minimum absolute atomic E-state index is 0. The van der Waals surface area contributed by atoms with Gasteiger partial charge in [0.2, 0.25) is 5.92 Å². The summed E-state index contributed by atoms with van der Waals surface area (Å²) >= 11 is 6.61. The highest BCUT2D eigenvalue weighted by Gasteiger charge is 2.35. The Bertz CT molecular complexity index is 1310. The van der Waals surface area contributed by atoms with Crippen molar-refractivity contribution in [3.05, 3.63) is 70.5 Å². The van der Waals surface area contributed by atoms with Gasteiger partial charge < -0.3 is 24.9 Å². The number of benzene rings is 1. The quantitative estimate of drug-likeness (QED) is 0.307. The van der Waals surface area contributed by atoms with Crippen molar-refractivity contribution in [3.8, 4) is 5.75 Å². The number of β-amino-alcohol motifs (C(OH)–C–C–N with tert-alkyl or cyclic N) is 1. The van der Waals surface area contributed by atoms with Gasteiger partial charge in [0.05, 0.1) is 17.3 Å². The topological polar surface area (TPSA) is 113 Å². The van der Waals surface area contributed by atoms with E-state index < -0.39 is 12.0 Å². The van der Waals surface area contributed by atoms with E-state index in [2.05, 4.69) is 25.5 Å². The molecule has 9 nitrogen and oxygen atoms in total. The number of amides is 1. The third kappa shape index (κ3) is 8.31. The number of hydrogen-bond donors (Lipinski definition) is 3. The molecule has 1 atom stereocenters. The van der Waals surface area contributed by atoms with Crippen LogP contribution < -0.4 is 15.4 Å². The largest absolute Gasteiger partial charge is 0.484 e. The molecular weight excluding hydrogens is 576 g/mol. The van der Waals surface area contributed by atoms with Gasteiger partial charge in [-0.2, -0.15) is 13.5 Å². The second-order valence-corrected chi connectivity index (χ2v) is 10.7. The lowest BCUT2D eigenvalue weighted by atomic mass is 9.92. The number of carbonyl (C=O) groups excluding carboxylic acids is 1. The fourth-order valence-electron chi connectivity index (χ4n) is 5.10. The van der Waals surface area contributed by atoms with Gasteiger partial charge in [-0.15, -0.1) is 0 Å². The van der Waals surface area contributed by atoms with Gasteiger partial charge in [-0.3, -0.25) is 9.69 Å². The first-order chi connectivity index (χ1) is 19.3. The van der Waals surface area contributed by atoms with Crippen molar-refractivity contribution in [3.63, 3.8) is 0 Å². The predicted octanol–water partition coefficient (Wildman–Crippen LogP) is 4.55. The van der Waals surface area contributed by atoms with E-state index in [0.29, 0.717) is 66.8 Å². The number of anilines is 1. The smallest absolute Gasteiger partial charge is 0.251 e. The van der Waals surface area contributed by atoms with E-state index in [4.69, 9.17) is 20.8 Å². The molecule has 5 rings (SSSR count). The molecule has 3 N–H and O–H groups in total. The van der Waals surface area contributed by atoms with Crippen LogP contribution in [0.2, 0.25) is 5.02 Å². The molecule has 0 radical (unpaired) electrons. The van der Waals surface area contributed by atoms with Crippen LogP contribution in [0, 0.1) is 0 Å². The van der Waals surface area contributed by atoms with Crippen molar-refractivity contribution in [2.45, 2.75) is 63.3 Å². The minimum atomic E-state index is -2.60. The van der Waals surface area contributed by atoms with Crippen LogP contribution in [0.15, 0.2) is 47.5 Å². The van der Waals surface area contributed by atoms with Crippen LogP contribution in [-0.2, 0) is 19.6 Å². The lowest BCUT2D eigenvalue weighted by Gasteiger charge is -2.31. The maximum Gasteiger partial charge on any atom is 0.251 e. The van der Waals surface area contributed by atoms with E-state index in [1.54, 1.807) is 18.3 Å². The number of ether oxygens (including phenoxy) is 1. The van der Waals surface area contributed by atoms with Gasteiger partial charge in [0.15, 0.2) is 12.2 Å². The molecule has 1 saturated carbocycles. The van der Waals surface area contributed by atoms with Gasteiger partial charge in [0.1, 0.15) is 18.2 Å². The number of nitrogens with zero attached hydrogens (tertiary/aromatic N) is 3. The normalized spacial score (nSPS) is 17.7. The molecule has 1 aliphatic heterocycles. The number of fused-ring (bicyclic) bond motifs is 1. The molecule has 0 saturated heterocycles. The van der Waals surface area contributed by atoms with Crippen LogP contribution in [0.1, 0.15) is 52.9 Å². The number of rotatable bonds is 10. The number of aliphatic hydroxyl groups excluding tert-OH is 1. The third-order valence-electron chi connectivity index (χ3n) is 7.29. The molecule has 222 valence electrons. The fraction of sp³-hybridized carbons (Fsp3) is 0.464. The Labute approximate surface area is 249 Å². The molecular formula is C28H34ClF2N5O4S. The highest BCUT2D eigenvalue weighted by atomic mass is 35.5.